The number of likely N-dealkylation sites (tertiary alicyclic amines) is 1. The molecule has 0 radical (unpaired) electrons. The van der Waals surface area contributed by atoms with Crippen LogP contribution in [0.5, 0.6) is 0 Å². The summed E-state index contributed by atoms with van der Waals surface area (Å²) in [6, 6.07) is 1.59. The van der Waals surface area contributed by atoms with E-state index in [1.807, 2.05) is 0 Å². The lowest BCUT2D eigenvalue weighted by molar-refractivity contribution is 0.0950. The fourth-order valence-electron chi connectivity index (χ4n) is 2.23. The molecule has 0 bridgehead atoms. The Bertz CT molecular complexity index is 135. The predicted molar refractivity (Wildman–Crippen MR) is 58.0 cm³/mol. The predicted octanol–water partition coefficient (Wildman–Crippen LogP) is 1.81. The van der Waals surface area contributed by atoms with Gasteiger partial charge in [0.2, 0.25) is 0 Å². The van der Waals surface area contributed by atoms with Gasteiger partial charge in [0.1, 0.15) is 0 Å². The minimum atomic E-state index is 0.795. The van der Waals surface area contributed by atoms with Gasteiger partial charge in [-0.05, 0) is 40.8 Å². The number of rotatable bonds is 3. The molecule has 1 saturated heterocycles. The molecule has 1 aliphatic heterocycles. The molecule has 78 valence electrons. The van der Waals surface area contributed by atoms with E-state index in [0.717, 1.165) is 12.1 Å². The van der Waals surface area contributed by atoms with E-state index in [4.69, 9.17) is 0 Å². The van der Waals surface area contributed by atoms with Crippen LogP contribution in [0, 0.1) is 0 Å². The van der Waals surface area contributed by atoms with Gasteiger partial charge in [-0.25, -0.2) is 0 Å². The molecule has 0 amide bonds. The molecule has 2 heteroatoms. The fourth-order valence-corrected chi connectivity index (χ4v) is 2.23. The second kappa shape index (κ2) is 4.97. The minimum absolute atomic E-state index is 0.795. The van der Waals surface area contributed by atoms with E-state index in [2.05, 4.69) is 37.7 Å². The van der Waals surface area contributed by atoms with Gasteiger partial charge in [0, 0.05) is 25.2 Å². The Balaban J connectivity index is 2.35. The maximum Gasteiger partial charge on any atom is 0.0115 e. The van der Waals surface area contributed by atoms with Crippen molar-refractivity contribution in [2.24, 2.45) is 0 Å². The highest BCUT2D eigenvalue weighted by molar-refractivity contribution is 4.79. The first-order chi connectivity index (χ1) is 6.11. The summed E-state index contributed by atoms with van der Waals surface area (Å²) in [5.74, 6) is 0. The summed E-state index contributed by atoms with van der Waals surface area (Å²) in [6.07, 6.45) is 4.19. The summed E-state index contributed by atoms with van der Waals surface area (Å²) in [5, 5.41) is 0. The van der Waals surface area contributed by atoms with Crippen molar-refractivity contribution in [2.75, 3.05) is 27.2 Å². The van der Waals surface area contributed by atoms with Crippen LogP contribution in [0.1, 0.15) is 33.1 Å². The Morgan fingerprint density at radius 2 is 1.69 bits per heavy atom. The summed E-state index contributed by atoms with van der Waals surface area (Å²) >= 11 is 0. The second-order valence-corrected chi connectivity index (χ2v) is 4.67. The molecule has 13 heavy (non-hydrogen) atoms. The lowest BCUT2D eigenvalue weighted by Gasteiger charge is -2.39. The average Bonchev–Trinajstić information content (AvgIpc) is 2.03. The normalized spacial score (nSPS) is 31.2. The Morgan fingerprint density at radius 1 is 1.15 bits per heavy atom. The summed E-state index contributed by atoms with van der Waals surface area (Å²) < 4.78 is 0. The highest BCUT2D eigenvalue weighted by atomic mass is 15.2. The first-order valence-electron chi connectivity index (χ1n) is 5.51. The van der Waals surface area contributed by atoms with Gasteiger partial charge in [-0.2, -0.15) is 0 Å². The van der Waals surface area contributed by atoms with Gasteiger partial charge in [0.05, 0.1) is 0 Å². The first kappa shape index (κ1) is 11.0. The van der Waals surface area contributed by atoms with Gasteiger partial charge in [-0.3, -0.25) is 4.90 Å². The highest BCUT2D eigenvalue weighted by Gasteiger charge is 2.23. The van der Waals surface area contributed by atoms with Crippen LogP contribution in [0.2, 0.25) is 0 Å². The zero-order valence-electron chi connectivity index (χ0n) is 9.58. The molecular formula is C11H24N2. The van der Waals surface area contributed by atoms with Crippen LogP contribution in [0.25, 0.3) is 0 Å². The highest BCUT2D eigenvalue weighted by Crippen LogP contribution is 2.21. The molecule has 1 rings (SSSR count). The Labute approximate surface area is 82.9 Å². The number of piperidine rings is 1. The number of likely N-dealkylation sites (N-methyl/N-ethyl adjacent to an activating group) is 1. The van der Waals surface area contributed by atoms with Crippen molar-refractivity contribution in [3.05, 3.63) is 0 Å². The van der Waals surface area contributed by atoms with Crippen LogP contribution in [-0.4, -0.2) is 49.1 Å². The monoisotopic (exact) mass is 184 g/mol. The second-order valence-electron chi connectivity index (χ2n) is 4.67. The molecule has 1 unspecified atom stereocenters. The topological polar surface area (TPSA) is 6.48 Å². The molecule has 2 atom stereocenters. The number of hydrogen-bond donors (Lipinski definition) is 0. The van der Waals surface area contributed by atoms with Crippen molar-refractivity contribution in [3.8, 4) is 0 Å². The smallest absolute Gasteiger partial charge is 0.0115 e. The lowest BCUT2D eigenvalue weighted by Crippen LogP contribution is -2.46. The molecule has 1 heterocycles. The van der Waals surface area contributed by atoms with E-state index in [0.29, 0.717) is 0 Å². The Kier molecular flexibility index (Phi) is 4.20. The molecule has 2 nitrogen and oxygen atoms in total. The standard InChI is InChI=1S/C11H24N2/c1-10-6-5-7-11(2)13(10)9-8-12(3)4/h10-11H,5-9H2,1-4H3/t10-,11?/m0/s1. The van der Waals surface area contributed by atoms with E-state index >= 15 is 0 Å². The largest absolute Gasteiger partial charge is 0.308 e. The quantitative estimate of drug-likeness (QED) is 0.660. The van der Waals surface area contributed by atoms with Crippen molar-refractivity contribution in [3.63, 3.8) is 0 Å². The molecule has 0 aromatic rings. The Hall–Kier alpha value is -0.0800. The van der Waals surface area contributed by atoms with Crippen molar-refractivity contribution < 1.29 is 0 Å². The van der Waals surface area contributed by atoms with E-state index in [1.54, 1.807) is 0 Å². The fraction of sp³-hybridized carbons (Fsp3) is 1.00. The van der Waals surface area contributed by atoms with Crippen LogP contribution in [0.4, 0.5) is 0 Å². The van der Waals surface area contributed by atoms with Gasteiger partial charge < -0.3 is 4.90 Å². The third-order valence-corrected chi connectivity index (χ3v) is 3.18. The zero-order valence-corrected chi connectivity index (χ0v) is 9.58. The third-order valence-electron chi connectivity index (χ3n) is 3.18. The van der Waals surface area contributed by atoms with Crippen molar-refractivity contribution in [2.45, 2.75) is 45.2 Å². The van der Waals surface area contributed by atoms with E-state index in [-0.39, 0.29) is 0 Å². The molecule has 0 spiro atoms. The van der Waals surface area contributed by atoms with Gasteiger partial charge in [-0.1, -0.05) is 6.42 Å². The van der Waals surface area contributed by atoms with Gasteiger partial charge in [0.15, 0.2) is 0 Å². The number of nitrogens with zero attached hydrogens (tertiary/aromatic N) is 2. The molecule has 0 aliphatic carbocycles. The van der Waals surface area contributed by atoms with Crippen LogP contribution >= 0.6 is 0 Å². The molecule has 1 fully saturated rings. The molecule has 1 aliphatic rings. The SMILES string of the molecule is CC1CCC[C@H](C)N1CCN(C)C. The van der Waals surface area contributed by atoms with Crippen molar-refractivity contribution in [1.82, 2.24) is 9.80 Å². The van der Waals surface area contributed by atoms with E-state index in [1.165, 1.54) is 32.4 Å². The van der Waals surface area contributed by atoms with Crippen molar-refractivity contribution in [1.29, 1.82) is 0 Å². The van der Waals surface area contributed by atoms with E-state index < -0.39 is 0 Å². The molecule has 0 N–H and O–H groups in total. The molecular weight excluding hydrogens is 160 g/mol. The zero-order chi connectivity index (χ0) is 9.84. The van der Waals surface area contributed by atoms with Crippen LogP contribution < -0.4 is 0 Å². The molecule has 0 aromatic carbocycles. The van der Waals surface area contributed by atoms with E-state index in [9.17, 15) is 0 Å². The summed E-state index contributed by atoms with van der Waals surface area (Å²) in [7, 11) is 4.30. The molecule has 0 saturated carbocycles. The third kappa shape index (κ3) is 3.28. The van der Waals surface area contributed by atoms with Crippen LogP contribution in [-0.2, 0) is 0 Å². The van der Waals surface area contributed by atoms with Crippen molar-refractivity contribution >= 4 is 0 Å². The summed E-state index contributed by atoms with van der Waals surface area (Å²) in [6.45, 7) is 7.15. The first-order valence-corrected chi connectivity index (χ1v) is 5.51. The lowest BCUT2D eigenvalue weighted by atomic mass is 9.98. The number of hydrogen-bond acceptors (Lipinski definition) is 2. The van der Waals surface area contributed by atoms with Crippen LogP contribution in [0.3, 0.4) is 0 Å². The average molecular weight is 184 g/mol. The maximum absolute atomic E-state index is 2.66. The minimum Gasteiger partial charge on any atom is -0.308 e. The van der Waals surface area contributed by atoms with Gasteiger partial charge >= 0.3 is 0 Å². The van der Waals surface area contributed by atoms with Crippen LogP contribution in [0.15, 0.2) is 0 Å². The summed E-state index contributed by atoms with van der Waals surface area (Å²) in [4.78, 5) is 4.93. The molecule has 0 aromatic heterocycles. The Morgan fingerprint density at radius 3 is 2.15 bits per heavy atom. The van der Waals surface area contributed by atoms with Gasteiger partial charge in [0.25, 0.3) is 0 Å². The summed E-state index contributed by atoms with van der Waals surface area (Å²) in [5.41, 5.74) is 0. The maximum atomic E-state index is 2.66. The van der Waals surface area contributed by atoms with Gasteiger partial charge in [-0.15, -0.1) is 0 Å².